The second kappa shape index (κ2) is 43.8. The van der Waals surface area contributed by atoms with Crippen molar-refractivity contribution in [1.29, 1.82) is 0 Å². The Balaban J connectivity index is 0.000000113. The van der Waals surface area contributed by atoms with Crippen molar-refractivity contribution in [3.8, 4) is 0 Å². The number of hydrogen-bond acceptors (Lipinski definition) is 15. The van der Waals surface area contributed by atoms with Crippen LogP contribution in [0, 0.1) is 5.82 Å². The Kier molecular flexibility index (Phi) is 30.5. The molecule has 0 saturated carbocycles. The van der Waals surface area contributed by atoms with E-state index < -0.39 is 0 Å². The normalized spacial score (nSPS) is 20.6. The predicted molar refractivity (Wildman–Crippen MR) is 527 cm³/mol. The molecule has 0 unspecified atom stereocenters. The van der Waals surface area contributed by atoms with Crippen molar-refractivity contribution in [2.45, 2.75) is 138 Å². The fraction of sp³-hybridized carbons (Fsp3) is 0.423. The number of aromatic amines is 3. The summed E-state index contributed by atoms with van der Waals surface area (Å²) < 4.78 is 44.1. The Morgan fingerprint density at radius 1 is 0.299 bits per heavy atom. The van der Waals surface area contributed by atoms with Crippen molar-refractivity contribution in [1.82, 2.24) is 54.2 Å². The Morgan fingerprint density at radius 3 is 1.01 bits per heavy atom. The molecule has 0 radical (unpaired) electrons. The maximum Gasteiger partial charge on any atom is 0.253 e. The smallest absolute Gasteiger partial charge is 0.253 e. The number of piperidine rings is 5. The van der Waals surface area contributed by atoms with Gasteiger partial charge in [0.25, 0.3) is 11.8 Å². The van der Waals surface area contributed by atoms with Crippen molar-refractivity contribution in [3.05, 3.63) is 312 Å². The highest BCUT2D eigenvalue weighted by Gasteiger charge is 2.48. The molecule has 0 atom stereocenters. The van der Waals surface area contributed by atoms with Gasteiger partial charge in [0, 0.05) is 187 Å². The zero-order valence-electron chi connectivity index (χ0n) is 77.9. The van der Waals surface area contributed by atoms with Gasteiger partial charge in [-0.05, 0) is 178 Å². The lowest BCUT2D eigenvalue weighted by Gasteiger charge is -2.47. The maximum atomic E-state index is 13.7. The summed E-state index contributed by atoms with van der Waals surface area (Å²) in [5.41, 5.74) is 13.7. The van der Waals surface area contributed by atoms with Crippen LogP contribution in [0.2, 0.25) is 0 Å². The molecule has 3 N–H and O–H groups in total. The standard InChI is InChI=1S/C25H29N3O2.C24H26FN3O2.C24H27N3O2.C22H26N2O2.C16H24N2O/c29-24-18-30-25(19-28(24)17-20-6-2-1-3-7-20)11-14-27(15-12-25)13-10-21-16-26-23-9-5-4-8-22(21)23;25-19-4-3-5-20(14-19)28-17-24(30-16-23(28)29)9-12-27(13-10-24)11-8-18-15-26-22-7-2-1-6-21(18)22;28-23-17-29-24(18-27(23)20-6-2-1-3-7-20)11-14-26(15-12-24)13-10-19-16-25-22-9-5-4-8-21(19)22;25-21-17-26-22(18-24(21)16-20-9-5-2-6-10-20)11-13-23(14-12-22)15-19-7-3-1-4-8-19;1-17-9-7-16(8-10-17)14-18(11-12-19-16)13-15-5-3-2-4-6-15/h1-9,16,26H,10-15,17-19H2;1-7,14-15,26H,8-13,16-17H2;1-9,16,25H,10-15,17-18H2;1-10H,11-18H2;2-6H,7-14H2,1H3. The highest BCUT2D eigenvalue weighted by Crippen LogP contribution is 2.39. The Morgan fingerprint density at radius 2 is 0.612 bits per heavy atom. The topological polar surface area (TPSA) is 194 Å². The molecular weight excluding hydrogens is 1680 g/mol. The summed E-state index contributed by atoms with van der Waals surface area (Å²) in [4.78, 5) is 82.2. The van der Waals surface area contributed by atoms with Crippen LogP contribution < -0.4 is 9.80 Å². The summed E-state index contributed by atoms with van der Waals surface area (Å²) in [7, 11) is 2.21. The van der Waals surface area contributed by atoms with Crippen LogP contribution in [0.25, 0.3) is 32.7 Å². The summed E-state index contributed by atoms with van der Waals surface area (Å²) in [6.07, 6.45) is 19.5. The molecule has 22 nitrogen and oxygen atoms in total. The molecule has 13 heterocycles. The maximum absolute atomic E-state index is 13.7. The van der Waals surface area contributed by atoms with Crippen LogP contribution in [-0.2, 0) is 88.3 Å². The van der Waals surface area contributed by atoms with Crippen LogP contribution in [0.4, 0.5) is 15.8 Å². The average Bonchev–Trinajstić information content (AvgIpc) is 1.44. The third-order valence-electron chi connectivity index (χ3n) is 29.7. The van der Waals surface area contributed by atoms with Gasteiger partial charge < -0.3 is 77.8 Å². The first kappa shape index (κ1) is 93.4. The Bertz CT molecular complexity index is 5780. The molecule has 23 heteroatoms. The second-order valence-electron chi connectivity index (χ2n) is 38.8. The van der Waals surface area contributed by atoms with Crippen molar-refractivity contribution < 1.29 is 47.3 Å². The molecule has 10 aliphatic heterocycles. The van der Waals surface area contributed by atoms with Crippen LogP contribution in [-0.4, -0.2) is 270 Å². The minimum absolute atomic E-state index is 0.0589. The van der Waals surface area contributed by atoms with Crippen LogP contribution in [0.15, 0.2) is 267 Å². The van der Waals surface area contributed by atoms with E-state index in [1.165, 1.54) is 110 Å². The molecular formula is C111H132FN13O9. The van der Waals surface area contributed by atoms with Crippen LogP contribution in [0.1, 0.15) is 103 Å². The Hall–Kier alpha value is -11.0. The number of rotatable bonds is 19. The van der Waals surface area contributed by atoms with Gasteiger partial charge in [-0.2, -0.15) is 0 Å². The number of para-hydroxylation sites is 4. The predicted octanol–water partition coefficient (Wildman–Crippen LogP) is 16.0. The molecule has 134 heavy (non-hydrogen) atoms. The summed E-state index contributed by atoms with van der Waals surface area (Å²) in [6, 6.07) is 83.5. The summed E-state index contributed by atoms with van der Waals surface area (Å²) in [5, 5.41) is 3.95. The number of likely N-dealkylation sites (tertiary alicyclic amines) is 5. The molecule has 4 amide bonds. The van der Waals surface area contributed by atoms with Gasteiger partial charge in [0.1, 0.15) is 32.2 Å². The number of halogens is 1. The first-order chi connectivity index (χ1) is 65.5. The number of H-pyrrole nitrogens is 3. The van der Waals surface area contributed by atoms with E-state index >= 15 is 0 Å². The molecule has 22 rings (SSSR count). The van der Waals surface area contributed by atoms with Gasteiger partial charge in [0.05, 0.1) is 60.8 Å². The van der Waals surface area contributed by atoms with E-state index in [0.29, 0.717) is 45.0 Å². The molecule has 9 aromatic carbocycles. The fourth-order valence-electron chi connectivity index (χ4n) is 21.4. The van der Waals surface area contributed by atoms with Gasteiger partial charge >= 0.3 is 0 Å². The lowest BCUT2D eigenvalue weighted by atomic mass is 9.89. The van der Waals surface area contributed by atoms with Crippen LogP contribution >= 0.6 is 0 Å². The molecule has 5 spiro atoms. The van der Waals surface area contributed by atoms with Gasteiger partial charge in [-0.15, -0.1) is 0 Å². The number of ether oxygens (including phenoxy) is 5. The first-order valence-electron chi connectivity index (χ1n) is 48.8. The van der Waals surface area contributed by atoms with E-state index in [4.69, 9.17) is 23.7 Å². The molecule has 0 bridgehead atoms. The van der Waals surface area contributed by atoms with Gasteiger partial charge in [-0.3, -0.25) is 29.0 Å². The van der Waals surface area contributed by atoms with Crippen molar-refractivity contribution in [2.24, 2.45) is 0 Å². The zero-order chi connectivity index (χ0) is 91.6. The van der Waals surface area contributed by atoms with Gasteiger partial charge in [0.15, 0.2) is 0 Å². The second-order valence-corrected chi connectivity index (χ2v) is 38.8. The summed E-state index contributed by atoms with van der Waals surface area (Å²) >= 11 is 0. The summed E-state index contributed by atoms with van der Waals surface area (Å²) in [6.45, 7) is 23.1. The molecule has 702 valence electrons. The van der Waals surface area contributed by atoms with Crippen molar-refractivity contribution in [2.75, 3.05) is 174 Å². The number of nitrogens with one attached hydrogen (secondary N) is 3. The molecule has 10 saturated heterocycles. The third kappa shape index (κ3) is 23.9. The first-order valence-corrected chi connectivity index (χ1v) is 48.8. The number of carbonyl (C=O) groups excluding carboxylic acids is 4. The largest absolute Gasteiger partial charge is 0.372 e. The number of morpholine rings is 5. The van der Waals surface area contributed by atoms with Crippen LogP contribution in [0.3, 0.4) is 0 Å². The lowest BCUT2D eigenvalue weighted by Crippen LogP contribution is -2.59. The number of benzene rings is 9. The van der Waals surface area contributed by atoms with E-state index in [2.05, 4.69) is 228 Å². The Labute approximate surface area is 788 Å². The summed E-state index contributed by atoms with van der Waals surface area (Å²) in [5.74, 6) is -0.165. The van der Waals surface area contributed by atoms with Crippen LogP contribution in [0.5, 0.6) is 0 Å². The van der Waals surface area contributed by atoms with E-state index in [9.17, 15) is 23.6 Å². The van der Waals surface area contributed by atoms with Gasteiger partial charge in [-0.25, -0.2) is 4.39 Å². The van der Waals surface area contributed by atoms with E-state index in [1.807, 2.05) is 81.4 Å². The highest BCUT2D eigenvalue weighted by atomic mass is 19.1. The quantitative estimate of drug-likeness (QED) is 0.0691. The number of aromatic nitrogens is 3. The van der Waals surface area contributed by atoms with E-state index in [1.54, 1.807) is 17.0 Å². The molecule has 0 aliphatic carbocycles. The number of anilines is 2. The number of nitrogens with zero attached hydrogens (tertiary/aromatic N) is 10. The molecule has 12 aromatic rings. The molecule has 3 aromatic heterocycles. The van der Waals surface area contributed by atoms with E-state index in [0.717, 1.165) is 181 Å². The fourth-order valence-corrected chi connectivity index (χ4v) is 21.4. The van der Waals surface area contributed by atoms with Crippen molar-refractivity contribution in [3.63, 3.8) is 0 Å². The number of hydrogen-bond donors (Lipinski definition) is 3. The average molecular weight is 1810 g/mol. The SMILES string of the molecule is CN1CCC2(CC1)CN(Cc1ccccc1)CCO2.O=C1COC2(CCN(CCc3c[nH]c4ccccc34)CC2)CN1Cc1ccccc1.O=C1COC2(CCN(CCc3c[nH]c4ccccc34)CC2)CN1c1cccc(F)c1.O=C1COC2(CCN(CCc3c[nH]c4ccccc34)CC2)CN1c1ccccc1.O=C1COC2(CCN(Cc3ccccc3)CC2)CN1Cc1ccccc1. The highest BCUT2D eigenvalue weighted by molar-refractivity contribution is 5.96. The van der Waals surface area contributed by atoms with Crippen molar-refractivity contribution >= 4 is 67.7 Å². The minimum Gasteiger partial charge on any atom is -0.372 e. The lowest BCUT2D eigenvalue weighted by molar-refractivity contribution is -0.173. The molecule has 10 aliphatic rings. The minimum atomic E-state index is -0.336. The third-order valence-corrected chi connectivity index (χ3v) is 29.7. The van der Waals surface area contributed by atoms with Gasteiger partial charge in [-0.1, -0.05) is 200 Å². The monoisotopic (exact) mass is 1810 g/mol. The number of carbonyl (C=O) groups is 4. The van der Waals surface area contributed by atoms with E-state index in [-0.39, 0.29) is 83.9 Å². The number of fused-ring (bicyclic) bond motifs is 3. The number of amides is 4. The zero-order valence-corrected chi connectivity index (χ0v) is 77.9. The van der Waals surface area contributed by atoms with Gasteiger partial charge in [0.2, 0.25) is 11.8 Å². The molecule has 10 fully saturated rings.